The first-order valence-corrected chi connectivity index (χ1v) is 9.16. The highest BCUT2D eigenvalue weighted by molar-refractivity contribution is 7.89. The molecule has 0 amide bonds. The number of nitrogens with zero attached hydrogens (tertiary/aromatic N) is 2. The monoisotopic (exact) mass is 360 g/mol. The fourth-order valence-corrected chi connectivity index (χ4v) is 4.17. The number of hydrogen-bond acceptors (Lipinski definition) is 3. The number of rotatable bonds is 7. The van der Waals surface area contributed by atoms with Crippen LogP contribution in [0, 0.1) is 11.3 Å². The van der Waals surface area contributed by atoms with E-state index in [-0.39, 0.29) is 28.6 Å². The number of hydrogen-bond donors (Lipinski definition) is 0. The van der Waals surface area contributed by atoms with Crippen molar-refractivity contribution in [3.8, 4) is 6.07 Å². The van der Waals surface area contributed by atoms with Gasteiger partial charge in [-0.1, -0.05) is 54.1 Å². The molecule has 0 atom stereocenters. The predicted octanol–water partition coefficient (Wildman–Crippen LogP) is 3.63. The third kappa shape index (κ3) is 4.04. The Morgan fingerprint density at radius 3 is 2.50 bits per heavy atom. The molecule has 4 nitrogen and oxygen atoms in total. The first kappa shape index (κ1) is 18.2. The second kappa shape index (κ2) is 8.11. The first-order chi connectivity index (χ1) is 11.5. The van der Waals surface area contributed by atoms with Crippen molar-refractivity contribution in [1.82, 2.24) is 4.31 Å². The zero-order valence-electron chi connectivity index (χ0n) is 13.0. The summed E-state index contributed by atoms with van der Waals surface area (Å²) in [6, 6.07) is 15.9. The third-order valence-electron chi connectivity index (χ3n) is 3.53. The molecule has 0 aliphatic heterocycles. The Kier molecular flexibility index (Phi) is 6.16. The van der Waals surface area contributed by atoms with E-state index in [2.05, 4.69) is 6.58 Å². The van der Waals surface area contributed by atoms with Crippen molar-refractivity contribution in [2.45, 2.75) is 11.3 Å². The Morgan fingerprint density at radius 2 is 1.88 bits per heavy atom. The van der Waals surface area contributed by atoms with Crippen LogP contribution >= 0.6 is 11.6 Å². The summed E-state index contributed by atoms with van der Waals surface area (Å²) in [7, 11) is -3.84. The quantitative estimate of drug-likeness (QED) is 0.708. The van der Waals surface area contributed by atoms with Crippen LogP contribution in [0.1, 0.15) is 11.1 Å². The molecule has 0 aliphatic carbocycles. The lowest BCUT2D eigenvalue weighted by Gasteiger charge is -2.21. The van der Waals surface area contributed by atoms with Gasteiger partial charge in [0.1, 0.15) is 11.0 Å². The highest BCUT2D eigenvalue weighted by atomic mass is 35.5. The van der Waals surface area contributed by atoms with Crippen LogP contribution in [-0.2, 0) is 16.4 Å². The highest BCUT2D eigenvalue weighted by Gasteiger charge is 2.27. The largest absolute Gasteiger partial charge is 0.244 e. The van der Waals surface area contributed by atoms with Crippen molar-refractivity contribution in [2.24, 2.45) is 0 Å². The molecular weight excluding hydrogens is 344 g/mol. The van der Waals surface area contributed by atoms with E-state index < -0.39 is 10.0 Å². The van der Waals surface area contributed by atoms with Gasteiger partial charge in [-0.3, -0.25) is 0 Å². The molecule has 0 spiro atoms. The van der Waals surface area contributed by atoms with Gasteiger partial charge in [0.05, 0.1) is 10.6 Å². The van der Waals surface area contributed by atoms with E-state index in [9.17, 15) is 13.7 Å². The lowest BCUT2D eigenvalue weighted by molar-refractivity contribution is 0.445. The molecule has 0 saturated heterocycles. The van der Waals surface area contributed by atoms with Crippen LogP contribution in [0.4, 0.5) is 0 Å². The Balaban J connectivity index is 2.34. The van der Waals surface area contributed by atoms with Gasteiger partial charge >= 0.3 is 0 Å². The minimum absolute atomic E-state index is 0.0343. The molecule has 0 aromatic heterocycles. The fraction of sp³-hybridized carbons (Fsp3) is 0.167. The minimum atomic E-state index is -3.84. The molecule has 0 N–H and O–H groups in total. The molecule has 0 fully saturated rings. The summed E-state index contributed by atoms with van der Waals surface area (Å²) in [6.07, 6.45) is 2.09. The van der Waals surface area contributed by atoms with Crippen LogP contribution in [0.2, 0.25) is 5.02 Å². The van der Waals surface area contributed by atoms with E-state index >= 15 is 0 Å². The topological polar surface area (TPSA) is 61.2 Å². The Morgan fingerprint density at radius 1 is 1.17 bits per heavy atom. The molecule has 0 aliphatic rings. The average Bonchev–Trinajstić information content (AvgIpc) is 2.59. The van der Waals surface area contributed by atoms with Crippen molar-refractivity contribution >= 4 is 21.6 Å². The molecule has 2 aromatic carbocycles. The lowest BCUT2D eigenvalue weighted by Crippen LogP contribution is -2.33. The minimum Gasteiger partial charge on any atom is -0.207 e. The number of sulfonamides is 1. The van der Waals surface area contributed by atoms with E-state index in [1.54, 1.807) is 0 Å². The summed E-state index contributed by atoms with van der Waals surface area (Å²) >= 11 is 5.96. The van der Waals surface area contributed by atoms with Crippen LogP contribution in [0.25, 0.3) is 0 Å². The summed E-state index contributed by atoms with van der Waals surface area (Å²) < 4.78 is 27.2. The standard InChI is InChI=1S/C18H17ClN2O2S/c1-2-12-21(13-11-15-7-4-3-5-8-15)24(22,23)18-10-6-9-17(19)16(18)14-20/h2-10H,1,11-13H2. The SMILES string of the molecule is C=CCN(CCc1ccccc1)S(=O)(=O)c1cccc(Cl)c1C#N. The van der Waals surface area contributed by atoms with E-state index in [1.165, 1.54) is 28.6 Å². The summed E-state index contributed by atoms with van der Waals surface area (Å²) in [4.78, 5) is -0.0765. The zero-order chi connectivity index (χ0) is 17.6. The molecule has 0 saturated carbocycles. The van der Waals surface area contributed by atoms with Crippen molar-refractivity contribution < 1.29 is 8.42 Å². The molecule has 24 heavy (non-hydrogen) atoms. The second-order valence-electron chi connectivity index (χ2n) is 5.11. The maximum Gasteiger partial charge on any atom is 0.244 e. The number of nitriles is 1. The molecule has 0 unspecified atom stereocenters. The van der Waals surface area contributed by atoms with Gasteiger partial charge in [-0.05, 0) is 24.1 Å². The van der Waals surface area contributed by atoms with Gasteiger partial charge < -0.3 is 0 Å². The lowest BCUT2D eigenvalue weighted by atomic mass is 10.1. The summed E-state index contributed by atoms with van der Waals surface area (Å²) in [5, 5.41) is 9.37. The zero-order valence-corrected chi connectivity index (χ0v) is 14.6. The van der Waals surface area contributed by atoms with Crippen molar-refractivity contribution in [1.29, 1.82) is 5.26 Å². The van der Waals surface area contributed by atoms with Gasteiger partial charge in [-0.15, -0.1) is 6.58 Å². The first-order valence-electron chi connectivity index (χ1n) is 7.34. The van der Waals surface area contributed by atoms with Gasteiger partial charge in [0.15, 0.2) is 0 Å². The second-order valence-corrected chi connectivity index (χ2v) is 7.43. The predicted molar refractivity (Wildman–Crippen MR) is 95.3 cm³/mol. The smallest absolute Gasteiger partial charge is 0.207 e. The molecule has 0 radical (unpaired) electrons. The van der Waals surface area contributed by atoms with Crippen LogP contribution in [-0.4, -0.2) is 25.8 Å². The third-order valence-corrected chi connectivity index (χ3v) is 5.75. The van der Waals surface area contributed by atoms with Gasteiger partial charge in [-0.25, -0.2) is 8.42 Å². The van der Waals surface area contributed by atoms with Crippen molar-refractivity contribution in [3.05, 3.63) is 77.3 Å². The summed E-state index contributed by atoms with van der Waals surface area (Å²) in [6.45, 7) is 4.07. The van der Waals surface area contributed by atoms with Gasteiger partial charge in [0.25, 0.3) is 0 Å². The van der Waals surface area contributed by atoms with Gasteiger partial charge in [0, 0.05) is 13.1 Å². The molecule has 124 valence electrons. The summed E-state index contributed by atoms with van der Waals surface area (Å²) in [5.41, 5.74) is 1.00. The molecule has 2 rings (SSSR count). The van der Waals surface area contributed by atoms with Gasteiger partial charge in [0.2, 0.25) is 10.0 Å². The van der Waals surface area contributed by atoms with Crippen LogP contribution in [0.3, 0.4) is 0 Å². The van der Waals surface area contributed by atoms with E-state index in [0.717, 1.165) is 5.56 Å². The molecule has 2 aromatic rings. The molecule has 6 heteroatoms. The van der Waals surface area contributed by atoms with Crippen molar-refractivity contribution in [3.63, 3.8) is 0 Å². The van der Waals surface area contributed by atoms with Crippen LogP contribution < -0.4 is 0 Å². The highest BCUT2D eigenvalue weighted by Crippen LogP contribution is 2.26. The van der Waals surface area contributed by atoms with E-state index in [0.29, 0.717) is 6.42 Å². The normalized spacial score (nSPS) is 11.2. The summed E-state index contributed by atoms with van der Waals surface area (Å²) in [5.74, 6) is 0. The maximum absolute atomic E-state index is 12.9. The van der Waals surface area contributed by atoms with E-state index in [4.69, 9.17) is 11.6 Å². The Bertz CT molecular complexity index is 858. The van der Waals surface area contributed by atoms with Gasteiger partial charge in [-0.2, -0.15) is 9.57 Å². The van der Waals surface area contributed by atoms with Crippen LogP contribution in [0.5, 0.6) is 0 Å². The van der Waals surface area contributed by atoms with E-state index in [1.807, 2.05) is 36.4 Å². The number of halogens is 1. The number of benzene rings is 2. The molecular formula is C18H17ClN2O2S. The molecule has 0 heterocycles. The van der Waals surface area contributed by atoms with Crippen molar-refractivity contribution in [2.75, 3.05) is 13.1 Å². The van der Waals surface area contributed by atoms with Crippen LogP contribution in [0.15, 0.2) is 66.1 Å². The average molecular weight is 361 g/mol. The Hall–Kier alpha value is -2.13. The molecule has 0 bridgehead atoms. The maximum atomic E-state index is 12.9. The fourth-order valence-electron chi connectivity index (χ4n) is 2.32. The Labute approximate surface area is 147 Å².